The topological polar surface area (TPSA) is 60.0 Å². The highest BCUT2D eigenvalue weighted by Crippen LogP contribution is 2.51. The Kier molecular flexibility index (Phi) is 3.37. The summed E-state index contributed by atoms with van der Waals surface area (Å²) in [6.45, 7) is 8.00. The summed E-state index contributed by atoms with van der Waals surface area (Å²) in [4.78, 5) is 12.1. The van der Waals surface area contributed by atoms with Gasteiger partial charge in [-0.05, 0) is 37.2 Å². The van der Waals surface area contributed by atoms with Crippen LogP contribution < -0.4 is 11.1 Å². The molecule has 1 aromatic heterocycles. The third-order valence-electron chi connectivity index (χ3n) is 4.21. The molecule has 0 saturated heterocycles. The lowest BCUT2D eigenvalue weighted by Gasteiger charge is -2.20. The summed E-state index contributed by atoms with van der Waals surface area (Å²) in [6.07, 6.45) is 4.26. The zero-order valence-corrected chi connectivity index (χ0v) is 11.5. The van der Waals surface area contributed by atoms with Crippen LogP contribution in [-0.4, -0.2) is 17.0 Å². The van der Waals surface area contributed by atoms with Crippen molar-refractivity contribution in [1.29, 1.82) is 0 Å². The molecule has 100 valence electrons. The Morgan fingerprint density at radius 3 is 2.72 bits per heavy atom. The van der Waals surface area contributed by atoms with E-state index in [4.69, 9.17) is 5.73 Å². The first kappa shape index (κ1) is 13.0. The van der Waals surface area contributed by atoms with Crippen LogP contribution in [0.1, 0.15) is 44.1 Å². The molecule has 1 aliphatic rings. The van der Waals surface area contributed by atoms with Crippen molar-refractivity contribution < 1.29 is 4.79 Å². The molecule has 2 rings (SSSR count). The largest absolute Gasteiger partial charge is 0.397 e. The molecule has 0 aliphatic heterocycles. The van der Waals surface area contributed by atoms with Gasteiger partial charge < -0.3 is 15.6 Å². The number of nitrogen functional groups attached to an aromatic ring is 1. The Morgan fingerprint density at radius 2 is 2.22 bits per heavy atom. The van der Waals surface area contributed by atoms with E-state index in [9.17, 15) is 4.79 Å². The molecule has 0 spiro atoms. The van der Waals surface area contributed by atoms with Gasteiger partial charge in [-0.25, -0.2) is 0 Å². The highest BCUT2D eigenvalue weighted by atomic mass is 16.1. The zero-order chi connectivity index (χ0) is 13.3. The van der Waals surface area contributed by atoms with Crippen molar-refractivity contribution in [3.05, 3.63) is 18.0 Å². The Morgan fingerprint density at radius 1 is 1.56 bits per heavy atom. The van der Waals surface area contributed by atoms with Crippen LogP contribution in [0.15, 0.2) is 12.3 Å². The number of nitrogens with zero attached hydrogens (tertiary/aromatic N) is 1. The van der Waals surface area contributed by atoms with Crippen molar-refractivity contribution in [2.24, 2.45) is 11.3 Å². The summed E-state index contributed by atoms with van der Waals surface area (Å²) >= 11 is 0. The summed E-state index contributed by atoms with van der Waals surface area (Å²) in [5, 5.41) is 3.06. The van der Waals surface area contributed by atoms with Gasteiger partial charge in [0.15, 0.2) is 0 Å². The van der Waals surface area contributed by atoms with Crippen molar-refractivity contribution >= 4 is 11.6 Å². The van der Waals surface area contributed by atoms with E-state index in [0.717, 1.165) is 13.1 Å². The maximum atomic E-state index is 12.1. The van der Waals surface area contributed by atoms with Gasteiger partial charge >= 0.3 is 0 Å². The van der Waals surface area contributed by atoms with Gasteiger partial charge in [0.1, 0.15) is 5.69 Å². The zero-order valence-electron chi connectivity index (χ0n) is 11.5. The van der Waals surface area contributed by atoms with Crippen LogP contribution in [0.3, 0.4) is 0 Å². The molecule has 3 N–H and O–H groups in total. The third-order valence-corrected chi connectivity index (χ3v) is 4.21. The van der Waals surface area contributed by atoms with Crippen molar-refractivity contribution in [2.75, 3.05) is 12.3 Å². The van der Waals surface area contributed by atoms with E-state index >= 15 is 0 Å². The second kappa shape index (κ2) is 4.67. The van der Waals surface area contributed by atoms with Gasteiger partial charge in [0.05, 0.1) is 5.69 Å². The van der Waals surface area contributed by atoms with Crippen LogP contribution in [0.25, 0.3) is 0 Å². The molecule has 4 heteroatoms. The molecule has 1 saturated carbocycles. The number of anilines is 1. The minimum Gasteiger partial charge on any atom is -0.397 e. The quantitative estimate of drug-likeness (QED) is 0.841. The molecule has 0 radical (unpaired) electrons. The van der Waals surface area contributed by atoms with E-state index in [1.807, 2.05) is 17.7 Å². The number of nitrogens with two attached hydrogens (primary N) is 1. The number of nitrogens with one attached hydrogen (secondary N) is 1. The molecular weight excluding hydrogens is 226 g/mol. The van der Waals surface area contributed by atoms with Crippen LogP contribution in [0.5, 0.6) is 0 Å². The van der Waals surface area contributed by atoms with Gasteiger partial charge in [0.2, 0.25) is 0 Å². The second-order valence-electron chi connectivity index (χ2n) is 5.64. The SMILES string of the molecule is CCn1cc(N)cc1C(=O)NCC1(C(C)C)CC1. The smallest absolute Gasteiger partial charge is 0.268 e. The summed E-state index contributed by atoms with van der Waals surface area (Å²) in [5.41, 5.74) is 7.38. The van der Waals surface area contributed by atoms with Crippen LogP contribution in [0.2, 0.25) is 0 Å². The third kappa shape index (κ3) is 2.37. The molecule has 0 aromatic carbocycles. The standard InChI is InChI=1S/C14H23N3O/c1-4-17-8-11(15)7-12(17)13(18)16-9-14(5-6-14)10(2)3/h7-8,10H,4-6,9,15H2,1-3H3,(H,16,18). The molecular formula is C14H23N3O. The van der Waals surface area contributed by atoms with E-state index in [0.29, 0.717) is 22.7 Å². The summed E-state index contributed by atoms with van der Waals surface area (Å²) in [5.74, 6) is 0.612. The Bertz CT molecular complexity index is 444. The molecule has 1 aromatic rings. The fraction of sp³-hybridized carbons (Fsp3) is 0.643. The van der Waals surface area contributed by atoms with E-state index in [2.05, 4.69) is 19.2 Å². The highest BCUT2D eigenvalue weighted by Gasteiger charge is 2.45. The Balaban J connectivity index is 2.00. The van der Waals surface area contributed by atoms with Gasteiger partial charge in [0.25, 0.3) is 5.91 Å². The summed E-state index contributed by atoms with van der Waals surface area (Å²) in [6, 6.07) is 1.74. The second-order valence-corrected chi connectivity index (χ2v) is 5.64. The van der Waals surface area contributed by atoms with Crippen molar-refractivity contribution in [3.8, 4) is 0 Å². The average Bonchev–Trinajstić information content (AvgIpc) is 3.03. The van der Waals surface area contributed by atoms with Crippen molar-refractivity contribution in [2.45, 2.75) is 40.2 Å². The summed E-state index contributed by atoms with van der Waals surface area (Å²) < 4.78 is 1.89. The fourth-order valence-electron chi connectivity index (χ4n) is 2.45. The van der Waals surface area contributed by atoms with Crippen molar-refractivity contribution in [1.82, 2.24) is 9.88 Å². The molecule has 1 amide bonds. The number of hydrogen-bond donors (Lipinski definition) is 2. The monoisotopic (exact) mass is 249 g/mol. The highest BCUT2D eigenvalue weighted by molar-refractivity contribution is 5.93. The lowest BCUT2D eigenvalue weighted by atomic mass is 9.92. The van der Waals surface area contributed by atoms with Gasteiger partial charge in [0, 0.05) is 19.3 Å². The van der Waals surface area contributed by atoms with Gasteiger partial charge in [-0.3, -0.25) is 4.79 Å². The number of hydrogen-bond acceptors (Lipinski definition) is 2. The van der Waals surface area contributed by atoms with E-state index < -0.39 is 0 Å². The number of rotatable bonds is 5. The molecule has 1 fully saturated rings. The Labute approximate surface area is 109 Å². The van der Waals surface area contributed by atoms with E-state index in [-0.39, 0.29) is 5.91 Å². The van der Waals surface area contributed by atoms with E-state index in [1.54, 1.807) is 6.07 Å². The predicted octanol–water partition coefficient (Wildman–Crippen LogP) is 2.26. The maximum absolute atomic E-state index is 12.1. The predicted molar refractivity (Wildman–Crippen MR) is 73.4 cm³/mol. The minimum atomic E-state index is -0.0134. The lowest BCUT2D eigenvalue weighted by Crippen LogP contribution is -2.33. The molecule has 18 heavy (non-hydrogen) atoms. The van der Waals surface area contributed by atoms with Gasteiger partial charge in [-0.1, -0.05) is 13.8 Å². The van der Waals surface area contributed by atoms with Crippen LogP contribution in [-0.2, 0) is 6.54 Å². The number of aromatic nitrogens is 1. The number of aryl methyl sites for hydroxylation is 1. The molecule has 0 atom stereocenters. The lowest BCUT2D eigenvalue weighted by molar-refractivity contribution is 0.0930. The first-order valence-corrected chi connectivity index (χ1v) is 6.72. The number of amides is 1. The van der Waals surface area contributed by atoms with Crippen LogP contribution in [0, 0.1) is 11.3 Å². The van der Waals surface area contributed by atoms with Crippen LogP contribution >= 0.6 is 0 Å². The average molecular weight is 249 g/mol. The Hall–Kier alpha value is -1.45. The van der Waals surface area contributed by atoms with Gasteiger partial charge in [-0.15, -0.1) is 0 Å². The fourth-order valence-corrected chi connectivity index (χ4v) is 2.45. The molecule has 4 nitrogen and oxygen atoms in total. The molecule has 0 unspecified atom stereocenters. The van der Waals surface area contributed by atoms with E-state index in [1.165, 1.54) is 12.8 Å². The van der Waals surface area contributed by atoms with Gasteiger partial charge in [-0.2, -0.15) is 0 Å². The molecule has 1 heterocycles. The van der Waals surface area contributed by atoms with Crippen molar-refractivity contribution in [3.63, 3.8) is 0 Å². The molecule has 0 bridgehead atoms. The normalized spacial score (nSPS) is 16.9. The number of carbonyl (C=O) groups is 1. The first-order chi connectivity index (χ1) is 8.48. The van der Waals surface area contributed by atoms with Crippen LogP contribution in [0.4, 0.5) is 5.69 Å². The number of carbonyl (C=O) groups excluding carboxylic acids is 1. The molecule has 1 aliphatic carbocycles. The first-order valence-electron chi connectivity index (χ1n) is 6.72. The minimum absolute atomic E-state index is 0.0134. The summed E-state index contributed by atoms with van der Waals surface area (Å²) in [7, 11) is 0. The maximum Gasteiger partial charge on any atom is 0.268 e.